The van der Waals surface area contributed by atoms with Crippen LogP contribution in [0.2, 0.25) is 0 Å². The van der Waals surface area contributed by atoms with Gasteiger partial charge in [0.15, 0.2) is 5.69 Å². The number of nitrogens with one attached hydrogen (secondary N) is 2. The van der Waals surface area contributed by atoms with Gasteiger partial charge in [0.2, 0.25) is 0 Å². The Morgan fingerprint density at radius 3 is 2.29 bits per heavy atom. The first-order chi connectivity index (χ1) is 20.3. The van der Waals surface area contributed by atoms with E-state index in [0.29, 0.717) is 19.5 Å². The Hall–Kier alpha value is -4.96. The van der Waals surface area contributed by atoms with Crippen molar-refractivity contribution in [1.29, 1.82) is 0 Å². The van der Waals surface area contributed by atoms with Crippen molar-refractivity contribution in [3.63, 3.8) is 0 Å². The van der Waals surface area contributed by atoms with Gasteiger partial charge in [0.05, 0.1) is 11.9 Å². The van der Waals surface area contributed by atoms with Gasteiger partial charge in [-0.3, -0.25) is 14.4 Å². The number of aromatic nitrogens is 2. The number of rotatable bonds is 8. The number of alkyl carbamates (subject to hydrolysis) is 1. The van der Waals surface area contributed by atoms with Gasteiger partial charge in [-0.1, -0.05) is 78.9 Å². The van der Waals surface area contributed by atoms with Crippen LogP contribution in [-0.4, -0.2) is 63.0 Å². The highest BCUT2D eigenvalue weighted by Crippen LogP contribution is 2.44. The second-order valence-electron chi connectivity index (χ2n) is 10.8. The van der Waals surface area contributed by atoms with Crippen LogP contribution in [-0.2, 0) is 23.1 Å². The second kappa shape index (κ2) is 11.1. The summed E-state index contributed by atoms with van der Waals surface area (Å²) in [5.74, 6) is -1.87. The summed E-state index contributed by atoms with van der Waals surface area (Å²) in [6.07, 6.45) is 0.899. The standard InChI is InChI=1S/C32H31N5O5/c1-36-28(29(38)39)27(17-33-36)34-30(40)32(15-16-37(20-32)18-21-9-3-2-4-10-21)35-31(41)42-19-26-24-13-7-5-11-22(24)23-12-6-8-14-25(23)26/h2-14,17,26H,15-16,18-20H2,1H3,(H,34,40)(H,35,41)(H,38,39). The number of carboxylic acids is 1. The Bertz CT molecular complexity index is 1610. The van der Waals surface area contributed by atoms with Crippen molar-refractivity contribution in [2.45, 2.75) is 24.4 Å². The van der Waals surface area contributed by atoms with Gasteiger partial charge in [0, 0.05) is 32.6 Å². The summed E-state index contributed by atoms with van der Waals surface area (Å²) in [6, 6.07) is 26.0. The molecule has 4 aromatic rings. The number of hydrogen-bond acceptors (Lipinski definition) is 6. The summed E-state index contributed by atoms with van der Waals surface area (Å²) in [5.41, 5.74) is 4.06. The summed E-state index contributed by atoms with van der Waals surface area (Å²) in [7, 11) is 1.49. The minimum atomic E-state index is -1.34. The number of carbonyl (C=O) groups excluding carboxylic acids is 2. The second-order valence-corrected chi connectivity index (χ2v) is 10.8. The molecule has 42 heavy (non-hydrogen) atoms. The molecule has 3 N–H and O–H groups in total. The third-order valence-electron chi connectivity index (χ3n) is 8.11. The van der Waals surface area contributed by atoms with Crippen LogP contribution >= 0.6 is 0 Å². The molecule has 1 atom stereocenters. The SMILES string of the molecule is Cn1ncc(NC(=O)C2(NC(=O)OCC3c4ccccc4-c4ccccc43)CCN(Cc3ccccc3)C2)c1C(=O)O. The number of benzene rings is 3. The van der Waals surface area contributed by atoms with Gasteiger partial charge in [-0.05, 0) is 34.2 Å². The molecule has 0 bridgehead atoms. The fourth-order valence-electron chi connectivity index (χ4n) is 6.06. The third-order valence-corrected chi connectivity index (χ3v) is 8.11. The number of carboxylic acid groups (broad SMARTS) is 1. The van der Waals surface area contributed by atoms with E-state index in [4.69, 9.17) is 4.74 Å². The highest BCUT2D eigenvalue weighted by molar-refractivity contribution is 6.04. The maximum atomic E-state index is 13.8. The van der Waals surface area contributed by atoms with Crippen LogP contribution in [0.5, 0.6) is 0 Å². The van der Waals surface area contributed by atoms with E-state index < -0.39 is 23.5 Å². The molecule has 1 fully saturated rings. The Labute approximate surface area is 242 Å². The first-order valence-electron chi connectivity index (χ1n) is 13.8. The number of anilines is 1. The number of amides is 2. The lowest BCUT2D eigenvalue weighted by Gasteiger charge is -2.29. The number of ether oxygens (including phenoxy) is 1. The summed E-state index contributed by atoms with van der Waals surface area (Å²) >= 11 is 0. The summed E-state index contributed by atoms with van der Waals surface area (Å²) in [4.78, 5) is 41.0. The minimum absolute atomic E-state index is 0.0604. The van der Waals surface area contributed by atoms with E-state index in [1.807, 2.05) is 66.7 Å². The Morgan fingerprint density at radius 1 is 0.976 bits per heavy atom. The van der Waals surface area contributed by atoms with E-state index in [2.05, 4.69) is 32.8 Å². The van der Waals surface area contributed by atoms with Gasteiger partial charge in [0.25, 0.3) is 5.91 Å². The molecule has 1 unspecified atom stereocenters. The predicted octanol–water partition coefficient (Wildman–Crippen LogP) is 4.24. The van der Waals surface area contributed by atoms with Gasteiger partial charge in [-0.2, -0.15) is 5.10 Å². The molecule has 10 nitrogen and oxygen atoms in total. The molecule has 0 spiro atoms. The zero-order valence-electron chi connectivity index (χ0n) is 23.1. The highest BCUT2D eigenvalue weighted by Gasteiger charge is 2.47. The largest absolute Gasteiger partial charge is 0.476 e. The van der Waals surface area contributed by atoms with Crippen molar-refractivity contribution < 1.29 is 24.2 Å². The van der Waals surface area contributed by atoms with Gasteiger partial charge < -0.3 is 20.5 Å². The quantitative estimate of drug-likeness (QED) is 0.292. The fourth-order valence-corrected chi connectivity index (χ4v) is 6.06. The van der Waals surface area contributed by atoms with Crippen LogP contribution < -0.4 is 10.6 Å². The van der Waals surface area contributed by atoms with Crippen molar-refractivity contribution in [2.24, 2.45) is 7.05 Å². The third kappa shape index (κ3) is 5.12. The van der Waals surface area contributed by atoms with Crippen LogP contribution in [0.25, 0.3) is 11.1 Å². The molecule has 1 aliphatic heterocycles. The number of aromatic carboxylic acids is 1. The zero-order chi connectivity index (χ0) is 29.3. The number of carbonyl (C=O) groups is 3. The van der Waals surface area contributed by atoms with E-state index in [-0.39, 0.29) is 30.5 Å². The predicted molar refractivity (Wildman–Crippen MR) is 156 cm³/mol. The fraction of sp³-hybridized carbons (Fsp3) is 0.250. The molecule has 2 amide bonds. The Kier molecular flexibility index (Phi) is 7.22. The maximum absolute atomic E-state index is 13.8. The van der Waals surface area contributed by atoms with Crippen molar-refractivity contribution in [2.75, 3.05) is 25.0 Å². The molecule has 0 radical (unpaired) electrons. The van der Waals surface area contributed by atoms with Crippen LogP contribution in [0.15, 0.2) is 85.1 Å². The molecule has 1 aliphatic carbocycles. The average Bonchev–Trinajstić information content (AvgIpc) is 3.66. The number of fused-ring (bicyclic) bond motifs is 3. The van der Waals surface area contributed by atoms with E-state index in [1.165, 1.54) is 17.9 Å². The summed E-state index contributed by atoms with van der Waals surface area (Å²) in [5, 5.41) is 19.2. The number of nitrogens with zero attached hydrogens (tertiary/aromatic N) is 3. The Morgan fingerprint density at radius 2 is 1.62 bits per heavy atom. The minimum Gasteiger partial charge on any atom is -0.476 e. The molecule has 1 saturated heterocycles. The topological polar surface area (TPSA) is 126 Å². The number of likely N-dealkylation sites (tertiary alicyclic amines) is 1. The molecule has 0 saturated carbocycles. The molecule has 10 heteroatoms. The Balaban J connectivity index is 1.21. The molecule has 3 aromatic carbocycles. The van der Waals surface area contributed by atoms with Crippen molar-refractivity contribution >= 4 is 23.7 Å². The van der Waals surface area contributed by atoms with Crippen LogP contribution in [0.4, 0.5) is 10.5 Å². The van der Waals surface area contributed by atoms with E-state index in [0.717, 1.165) is 27.8 Å². The molecule has 2 aliphatic rings. The number of hydrogen-bond donors (Lipinski definition) is 3. The van der Waals surface area contributed by atoms with Crippen molar-refractivity contribution in [3.05, 3.63) is 107 Å². The van der Waals surface area contributed by atoms with Gasteiger partial charge in [-0.15, -0.1) is 0 Å². The van der Waals surface area contributed by atoms with E-state index in [9.17, 15) is 19.5 Å². The molecular weight excluding hydrogens is 534 g/mol. The highest BCUT2D eigenvalue weighted by atomic mass is 16.5. The first kappa shape index (κ1) is 27.2. The normalized spacial score (nSPS) is 17.8. The smallest absolute Gasteiger partial charge is 0.408 e. The lowest BCUT2D eigenvalue weighted by molar-refractivity contribution is -0.121. The monoisotopic (exact) mass is 565 g/mol. The van der Waals surface area contributed by atoms with E-state index >= 15 is 0 Å². The van der Waals surface area contributed by atoms with E-state index in [1.54, 1.807) is 0 Å². The molecular formula is C32H31N5O5. The lowest BCUT2D eigenvalue weighted by atomic mass is 9.97. The van der Waals surface area contributed by atoms with Crippen LogP contribution in [0.1, 0.15) is 39.5 Å². The van der Waals surface area contributed by atoms with Crippen molar-refractivity contribution in [1.82, 2.24) is 20.0 Å². The van der Waals surface area contributed by atoms with Crippen molar-refractivity contribution in [3.8, 4) is 11.1 Å². The van der Waals surface area contributed by atoms with Crippen LogP contribution in [0, 0.1) is 0 Å². The van der Waals surface area contributed by atoms with Crippen LogP contribution in [0.3, 0.4) is 0 Å². The molecule has 1 aromatic heterocycles. The molecule has 214 valence electrons. The summed E-state index contributed by atoms with van der Waals surface area (Å²) in [6.45, 7) is 1.47. The van der Waals surface area contributed by atoms with Gasteiger partial charge in [-0.25, -0.2) is 9.59 Å². The lowest BCUT2D eigenvalue weighted by Crippen LogP contribution is -2.58. The molecule has 2 heterocycles. The summed E-state index contributed by atoms with van der Waals surface area (Å²) < 4.78 is 6.97. The average molecular weight is 566 g/mol. The zero-order valence-corrected chi connectivity index (χ0v) is 23.1. The molecule has 6 rings (SSSR count). The maximum Gasteiger partial charge on any atom is 0.408 e. The first-order valence-corrected chi connectivity index (χ1v) is 13.8. The van der Waals surface area contributed by atoms with Gasteiger partial charge in [0.1, 0.15) is 12.1 Å². The number of aryl methyl sites for hydroxylation is 1. The van der Waals surface area contributed by atoms with Gasteiger partial charge >= 0.3 is 12.1 Å².